The number of rotatable bonds is 6. The monoisotopic (exact) mass is 449 g/mol. The molecule has 0 radical (unpaired) electrons. The summed E-state index contributed by atoms with van der Waals surface area (Å²) in [5.74, 6) is 1.30. The summed E-state index contributed by atoms with van der Waals surface area (Å²) in [5.41, 5.74) is 2.99. The van der Waals surface area contributed by atoms with E-state index in [1.165, 1.54) is 6.20 Å². The average Bonchev–Trinajstić information content (AvgIpc) is 3.44. The highest BCUT2D eigenvalue weighted by atomic mass is 32.2. The van der Waals surface area contributed by atoms with Gasteiger partial charge in [0.25, 0.3) is 5.56 Å². The Kier molecular flexibility index (Phi) is 5.28. The second kappa shape index (κ2) is 8.39. The Bertz CT molecular complexity index is 1360. The molecule has 162 valence electrons. The smallest absolute Gasteiger partial charge is 0.262 e. The minimum Gasteiger partial charge on any atom is -0.454 e. The largest absolute Gasteiger partial charge is 0.454 e. The topological polar surface area (TPSA) is 111 Å². The Balaban J connectivity index is 1.26. The van der Waals surface area contributed by atoms with Crippen molar-refractivity contribution in [3.63, 3.8) is 0 Å². The highest BCUT2D eigenvalue weighted by Crippen LogP contribution is 2.32. The third-order valence-electron chi connectivity index (χ3n) is 4.96. The number of amides is 1. The van der Waals surface area contributed by atoms with Gasteiger partial charge in [0.2, 0.25) is 12.7 Å². The summed E-state index contributed by atoms with van der Waals surface area (Å²) < 4.78 is 12.3. The quantitative estimate of drug-likeness (QED) is 0.344. The van der Waals surface area contributed by atoms with Gasteiger partial charge in [-0.2, -0.15) is 5.10 Å². The molecule has 0 saturated carbocycles. The van der Waals surface area contributed by atoms with E-state index < -0.39 is 0 Å². The molecule has 10 heteroatoms. The van der Waals surface area contributed by atoms with Crippen molar-refractivity contribution in [2.75, 3.05) is 12.5 Å². The lowest BCUT2D eigenvalue weighted by atomic mass is 10.2. The van der Waals surface area contributed by atoms with Gasteiger partial charge in [0.05, 0.1) is 17.6 Å². The van der Waals surface area contributed by atoms with Crippen LogP contribution in [-0.2, 0) is 11.3 Å². The first-order valence-electron chi connectivity index (χ1n) is 9.90. The maximum Gasteiger partial charge on any atom is 0.262 e. The van der Waals surface area contributed by atoms with E-state index in [-0.39, 0.29) is 24.0 Å². The molecule has 32 heavy (non-hydrogen) atoms. The van der Waals surface area contributed by atoms with Crippen molar-refractivity contribution in [2.24, 2.45) is 0 Å². The number of benzene rings is 2. The molecular weight excluding hydrogens is 430 g/mol. The fourth-order valence-corrected chi connectivity index (χ4v) is 3.96. The van der Waals surface area contributed by atoms with E-state index in [4.69, 9.17) is 9.47 Å². The number of thioether (sulfide) groups is 1. The lowest BCUT2D eigenvalue weighted by Crippen LogP contribution is -2.24. The number of ether oxygens (including phenoxy) is 2. The van der Waals surface area contributed by atoms with Gasteiger partial charge < -0.3 is 19.8 Å². The van der Waals surface area contributed by atoms with Gasteiger partial charge in [0, 0.05) is 6.54 Å². The Labute approximate surface area is 186 Å². The Hall–Kier alpha value is -3.79. The first-order valence-corrected chi connectivity index (χ1v) is 10.9. The number of H-pyrrole nitrogens is 1. The lowest BCUT2D eigenvalue weighted by Gasteiger charge is -2.07. The normalized spacial score (nSPS) is 12.3. The second-order valence-electron chi connectivity index (χ2n) is 7.25. The van der Waals surface area contributed by atoms with Crippen molar-refractivity contribution in [2.45, 2.75) is 18.6 Å². The Morgan fingerprint density at radius 3 is 2.84 bits per heavy atom. The number of aryl methyl sites for hydroxylation is 1. The van der Waals surface area contributed by atoms with Crippen LogP contribution in [0.3, 0.4) is 0 Å². The molecule has 0 aliphatic carbocycles. The highest BCUT2D eigenvalue weighted by Gasteiger charge is 2.15. The zero-order chi connectivity index (χ0) is 22.1. The van der Waals surface area contributed by atoms with Crippen LogP contribution in [0.4, 0.5) is 0 Å². The molecule has 0 atom stereocenters. The zero-order valence-corrected chi connectivity index (χ0v) is 17.9. The summed E-state index contributed by atoms with van der Waals surface area (Å²) in [7, 11) is 0. The molecule has 0 bridgehead atoms. The fraction of sp³-hybridized carbons (Fsp3) is 0.182. The van der Waals surface area contributed by atoms with Crippen molar-refractivity contribution in [3.8, 4) is 17.2 Å². The van der Waals surface area contributed by atoms with Gasteiger partial charge in [-0.25, -0.2) is 9.67 Å². The summed E-state index contributed by atoms with van der Waals surface area (Å²) in [6.45, 7) is 2.57. The van der Waals surface area contributed by atoms with Gasteiger partial charge in [-0.1, -0.05) is 35.5 Å². The van der Waals surface area contributed by atoms with Crippen LogP contribution in [-0.4, -0.2) is 38.2 Å². The van der Waals surface area contributed by atoms with Crippen LogP contribution in [0.1, 0.15) is 11.1 Å². The van der Waals surface area contributed by atoms with E-state index in [0.717, 1.165) is 28.6 Å². The second-order valence-corrected chi connectivity index (χ2v) is 8.22. The fourth-order valence-electron chi connectivity index (χ4n) is 3.28. The van der Waals surface area contributed by atoms with Crippen molar-refractivity contribution < 1.29 is 14.3 Å². The molecule has 5 rings (SSSR count). The number of carbonyl (C=O) groups excluding carboxylic acids is 1. The van der Waals surface area contributed by atoms with Crippen molar-refractivity contribution in [3.05, 3.63) is 70.1 Å². The average molecular weight is 449 g/mol. The van der Waals surface area contributed by atoms with E-state index in [1.54, 1.807) is 4.68 Å². The number of aromatic amines is 1. The molecule has 2 aromatic carbocycles. The molecule has 0 fully saturated rings. The minimum atomic E-state index is -0.295. The van der Waals surface area contributed by atoms with Crippen LogP contribution in [0.15, 0.2) is 58.6 Å². The first-order chi connectivity index (χ1) is 15.6. The summed E-state index contributed by atoms with van der Waals surface area (Å²) in [6.07, 6.45) is 1.49. The van der Waals surface area contributed by atoms with Crippen molar-refractivity contribution in [1.82, 2.24) is 25.1 Å². The molecule has 1 amide bonds. The van der Waals surface area contributed by atoms with Crippen LogP contribution in [0.2, 0.25) is 0 Å². The van der Waals surface area contributed by atoms with Gasteiger partial charge >= 0.3 is 0 Å². The van der Waals surface area contributed by atoms with E-state index in [2.05, 4.69) is 20.4 Å². The standard InChI is InChI=1S/C22H19N5O4S/c1-13-2-5-15(6-3-13)27-20-16(10-24-27)21(29)26-22(25-20)32-11-19(28)23-9-14-4-7-17-18(8-14)31-12-30-17/h2-8,10H,9,11-12H2,1H3,(H,23,28)(H,25,26,29). The van der Waals surface area contributed by atoms with Gasteiger partial charge in [0.1, 0.15) is 5.39 Å². The van der Waals surface area contributed by atoms with Crippen LogP contribution in [0.5, 0.6) is 11.5 Å². The van der Waals surface area contributed by atoms with Crippen molar-refractivity contribution >= 4 is 28.7 Å². The van der Waals surface area contributed by atoms with Gasteiger partial charge in [-0.3, -0.25) is 9.59 Å². The molecule has 0 spiro atoms. The van der Waals surface area contributed by atoms with E-state index in [0.29, 0.717) is 34.2 Å². The molecule has 0 saturated heterocycles. The number of nitrogens with zero attached hydrogens (tertiary/aromatic N) is 3. The molecule has 0 unspecified atom stereocenters. The van der Waals surface area contributed by atoms with Crippen LogP contribution in [0, 0.1) is 6.92 Å². The third-order valence-corrected chi connectivity index (χ3v) is 5.83. The number of aromatic nitrogens is 4. The van der Waals surface area contributed by atoms with E-state index in [1.807, 2.05) is 49.4 Å². The van der Waals surface area contributed by atoms with Gasteiger partial charge in [0.15, 0.2) is 22.3 Å². The molecule has 4 aromatic rings. The minimum absolute atomic E-state index is 0.109. The van der Waals surface area contributed by atoms with Crippen LogP contribution in [0.25, 0.3) is 16.7 Å². The van der Waals surface area contributed by atoms with E-state index >= 15 is 0 Å². The maximum absolute atomic E-state index is 12.5. The summed E-state index contributed by atoms with van der Waals surface area (Å²) in [4.78, 5) is 32.0. The Morgan fingerprint density at radius 2 is 2.00 bits per heavy atom. The molecular formula is C22H19N5O4S. The molecule has 9 nitrogen and oxygen atoms in total. The van der Waals surface area contributed by atoms with Crippen molar-refractivity contribution in [1.29, 1.82) is 0 Å². The zero-order valence-electron chi connectivity index (χ0n) is 17.1. The number of hydrogen-bond acceptors (Lipinski definition) is 7. The van der Waals surface area contributed by atoms with Gasteiger partial charge in [-0.15, -0.1) is 0 Å². The number of carbonyl (C=O) groups is 1. The molecule has 2 aromatic heterocycles. The molecule has 2 N–H and O–H groups in total. The van der Waals surface area contributed by atoms with E-state index in [9.17, 15) is 9.59 Å². The molecule has 3 heterocycles. The lowest BCUT2D eigenvalue weighted by molar-refractivity contribution is -0.118. The molecule has 1 aliphatic rings. The van der Waals surface area contributed by atoms with Crippen LogP contribution < -0.4 is 20.3 Å². The number of nitrogens with one attached hydrogen (secondary N) is 2. The number of hydrogen-bond donors (Lipinski definition) is 2. The molecule has 1 aliphatic heterocycles. The third kappa shape index (κ3) is 4.04. The summed E-state index contributed by atoms with van der Waals surface area (Å²) >= 11 is 1.16. The van der Waals surface area contributed by atoms with Crippen LogP contribution >= 0.6 is 11.8 Å². The number of fused-ring (bicyclic) bond motifs is 2. The maximum atomic E-state index is 12.5. The predicted molar refractivity (Wildman–Crippen MR) is 119 cm³/mol. The SMILES string of the molecule is Cc1ccc(-n2ncc3c(=O)[nH]c(SCC(=O)NCc4ccc5c(c4)OCO5)nc32)cc1. The van der Waals surface area contributed by atoms with Gasteiger partial charge in [-0.05, 0) is 36.8 Å². The Morgan fingerprint density at radius 1 is 1.19 bits per heavy atom. The summed E-state index contributed by atoms with van der Waals surface area (Å²) in [5, 5.41) is 7.91. The highest BCUT2D eigenvalue weighted by molar-refractivity contribution is 7.99. The summed E-state index contributed by atoms with van der Waals surface area (Å²) in [6, 6.07) is 13.3. The predicted octanol–water partition coefficient (Wildman–Crippen LogP) is 2.55. The first kappa shape index (κ1) is 20.1.